The molecule has 2 N–H and O–H groups in total. The van der Waals surface area contributed by atoms with E-state index in [-0.39, 0.29) is 12.0 Å². The van der Waals surface area contributed by atoms with Crippen LogP contribution < -0.4 is 10.1 Å². The van der Waals surface area contributed by atoms with Gasteiger partial charge >= 0.3 is 6.18 Å². The lowest BCUT2D eigenvalue weighted by Crippen LogP contribution is -2.89. The van der Waals surface area contributed by atoms with E-state index in [0.29, 0.717) is 31.8 Å². The van der Waals surface area contributed by atoms with E-state index in [1.165, 1.54) is 0 Å². The molecule has 0 radical (unpaired) electrons. The van der Waals surface area contributed by atoms with E-state index >= 15 is 0 Å². The lowest BCUT2D eigenvalue weighted by atomic mass is 9.99. The minimum Gasteiger partial charge on any atom is -0.744 e. The molecule has 6 nitrogen and oxygen atoms in total. The number of hydrogen-bond acceptors (Lipinski definition) is 5. The van der Waals surface area contributed by atoms with Crippen LogP contribution in [0.3, 0.4) is 0 Å². The maximum Gasteiger partial charge on any atom is 0.416 e. The molecule has 2 rings (SSSR count). The van der Waals surface area contributed by atoms with Gasteiger partial charge in [0.15, 0.2) is 0 Å². The number of morpholine rings is 1. The Morgan fingerprint density at radius 2 is 2.13 bits per heavy atom. The van der Waals surface area contributed by atoms with E-state index in [4.69, 9.17) is 9.47 Å². The Kier molecular flexibility index (Phi) is 5.19. The molecule has 1 heterocycles. The largest absolute Gasteiger partial charge is 0.744 e. The fourth-order valence-electron chi connectivity index (χ4n) is 2.55. The average Bonchev–Trinajstić information content (AvgIpc) is 2.45. The Labute approximate surface area is 131 Å². The summed E-state index contributed by atoms with van der Waals surface area (Å²) in [7, 11) is -3.93. The quantitative estimate of drug-likeness (QED) is 0.775. The minimum absolute atomic E-state index is 0.197. The predicted octanol–water partition coefficient (Wildman–Crippen LogP) is 0.123. The van der Waals surface area contributed by atoms with Gasteiger partial charge in [-0.15, -0.1) is 0 Å². The Bertz CT molecular complexity index is 669. The Morgan fingerprint density at radius 1 is 1.43 bits per heavy atom. The van der Waals surface area contributed by atoms with E-state index in [0.717, 1.165) is 7.11 Å². The van der Waals surface area contributed by atoms with Crippen LogP contribution in [-0.2, 0) is 27.5 Å². The van der Waals surface area contributed by atoms with Gasteiger partial charge in [-0.25, -0.2) is 8.42 Å². The fraction of sp³-hybridized carbons (Fsp3) is 0.538. The van der Waals surface area contributed by atoms with Gasteiger partial charge in [0, 0.05) is 12.0 Å². The summed E-state index contributed by atoms with van der Waals surface area (Å²) in [6.45, 7) is 1.53. The zero-order chi connectivity index (χ0) is 17.3. The van der Waals surface area contributed by atoms with E-state index in [2.05, 4.69) is 0 Å². The summed E-state index contributed by atoms with van der Waals surface area (Å²) in [4.78, 5) is -0.803. The minimum atomic E-state index is -4.96. The standard InChI is InChI=1S/C13H16F3NO5S/c1-21-12-9(6-8-7-17-4-5-22-8)10(13(14,15)16)2-3-11(12)23(18,19)20/h2-3,8,17H,4-7H2,1H3,(H,18,19,20). The number of halogens is 3. The summed E-state index contributed by atoms with van der Waals surface area (Å²) in [6.07, 6.45) is -5.42. The SMILES string of the molecule is COc1c(S(=O)(=O)[O-])ccc(C(F)(F)F)c1CC1C[NH2+]CCO1. The molecule has 1 aromatic rings. The average molecular weight is 355 g/mol. The molecular formula is C13H16F3NO5S. The molecule has 10 heteroatoms. The second-order valence-corrected chi connectivity index (χ2v) is 6.43. The second kappa shape index (κ2) is 6.63. The first-order valence-corrected chi connectivity index (χ1v) is 8.21. The molecule has 0 amide bonds. The van der Waals surface area contributed by atoms with Crippen molar-refractivity contribution in [2.24, 2.45) is 0 Å². The molecule has 0 bridgehead atoms. The van der Waals surface area contributed by atoms with Gasteiger partial charge in [-0.2, -0.15) is 13.2 Å². The number of nitrogens with two attached hydrogens (primary N) is 1. The highest BCUT2D eigenvalue weighted by molar-refractivity contribution is 7.85. The van der Waals surface area contributed by atoms with Crippen LogP contribution in [-0.4, -0.2) is 45.9 Å². The number of benzene rings is 1. The van der Waals surface area contributed by atoms with Gasteiger partial charge in [0.25, 0.3) is 0 Å². The van der Waals surface area contributed by atoms with Crippen molar-refractivity contribution >= 4 is 10.1 Å². The van der Waals surface area contributed by atoms with Crippen LogP contribution in [0, 0.1) is 0 Å². The van der Waals surface area contributed by atoms with Crippen molar-refractivity contribution in [3.05, 3.63) is 23.3 Å². The summed E-state index contributed by atoms with van der Waals surface area (Å²) >= 11 is 0. The predicted molar refractivity (Wildman–Crippen MR) is 71.1 cm³/mol. The highest BCUT2D eigenvalue weighted by Gasteiger charge is 2.37. The van der Waals surface area contributed by atoms with Gasteiger partial charge in [-0.1, -0.05) is 0 Å². The second-order valence-electron chi connectivity index (χ2n) is 5.08. The monoisotopic (exact) mass is 355 g/mol. The first-order chi connectivity index (χ1) is 10.6. The van der Waals surface area contributed by atoms with Crippen molar-refractivity contribution in [3.63, 3.8) is 0 Å². The van der Waals surface area contributed by atoms with Crippen LogP contribution >= 0.6 is 0 Å². The van der Waals surface area contributed by atoms with Crippen molar-refractivity contribution in [1.29, 1.82) is 0 Å². The summed E-state index contributed by atoms with van der Waals surface area (Å²) < 4.78 is 83.7. The first-order valence-electron chi connectivity index (χ1n) is 6.81. The molecule has 0 aliphatic carbocycles. The molecule has 23 heavy (non-hydrogen) atoms. The van der Waals surface area contributed by atoms with Crippen LogP contribution in [0.5, 0.6) is 5.75 Å². The topological polar surface area (TPSA) is 92.3 Å². The van der Waals surface area contributed by atoms with Crippen LogP contribution in [0.2, 0.25) is 0 Å². The number of rotatable bonds is 4. The molecular weight excluding hydrogens is 339 g/mol. The van der Waals surface area contributed by atoms with Crippen LogP contribution in [0.15, 0.2) is 17.0 Å². The molecule has 0 aromatic heterocycles. The Hall–Kier alpha value is -1.36. The molecule has 0 spiro atoms. The smallest absolute Gasteiger partial charge is 0.416 e. The molecule has 0 saturated carbocycles. The number of alkyl halides is 3. The number of ether oxygens (including phenoxy) is 2. The van der Waals surface area contributed by atoms with Crippen LogP contribution in [0.25, 0.3) is 0 Å². The molecule has 1 aliphatic rings. The van der Waals surface area contributed by atoms with Crippen LogP contribution in [0.4, 0.5) is 13.2 Å². The Morgan fingerprint density at radius 3 is 2.61 bits per heavy atom. The first kappa shape index (κ1) is 18.0. The van der Waals surface area contributed by atoms with Gasteiger partial charge in [0.2, 0.25) is 0 Å². The number of methoxy groups -OCH3 is 1. The third-order valence-corrected chi connectivity index (χ3v) is 4.40. The summed E-state index contributed by atoms with van der Waals surface area (Å²) in [5.41, 5.74) is -1.41. The molecule has 1 saturated heterocycles. The molecule has 130 valence electrons. The van der Waals surface area contributed by atoms with Crippen molar-refractivity contribution in [1.82, 2.24) is 0 Å². The Balaban J connectivity index is 2.57. The van der Waals surface area contributed by atoms with Gasteiger partial charge in [0.05, 0.1) is 30.7 Å². The van der Waals surface area contributed by atoms with Gasteiger partial charge < -0.3 is 19.3 Å². The number of quaternary nitrogens is 1. The lowest BCUT2D eigenvalue weighted by Gasteiger charge is -2.25. The lowest BCUT2D eigenvalue weighted by molar-refractivity contribution is -0.677. The zero-order valence-electron chi connectivity index (χ0n) is 12.2. The zero-order valence-corrected chi connectivity index (χ0v) is 13.0. The number of hydrogen-bond donors (Lipinski definition) is 1. The molecule has 1 aliphatic heterocycles. The summed E-state index contributed by atoms with van der Waals surface area (Å²) in [5, 5.41) is 1.89. The van der Waals surface area contributed by atoms with Crippen LogP contribution in [0.1, 0.15) is 11.1 Å². The van der Waals surface area contributed by atoms with E-state index in [1.54, 1.807) is 0 Å². The maximum absolute atomic E-state index is 13.2. The summed E-state index contributed by atoms with van der Waals surface area (Å²) in [6, 6.07) is 1.22. The van der Waals surface area contributed by atoms with Gasteiger partial charge in [0.1, 0.15) is 28.5 Å². The summed E-state index contributed by atoms with van der Waals surface area (Å²) in [5.74, 6) is -0.566. The molecule has 1 unspecified atom stereocenters. The van der Waals surface area contributed by atoms with Crippen molar-refractivity contribution in [2.75, 3.05) is 26.8 Å². The third-order valence-electron chi connectivity index (χ3n) is 3.54. The molecule has 1 aromatic carbocycles. The van der Waals surface area contributed by atoms with E-state index in [1.807, 2.05) is 5.32 Å². The fourth-order valence-corrected chi connectivity index (χ4v) is 3.22. The highest BCUT2D eigenvalue weighted by Crippen LogP contribution is 2.40. The molecule has 1 atom stereocenters. The van der Waals surface area contributed by atoms with Crippen molar-refractivity contribution in [2.45, 2.75) is 23.6 Å². The van der Waals surface area contributed by atoms with Gasteiger partial charge in [-0.3, -0.25) is 0 Å². The van der Waals surface area contributed by atoms with Crippen molar-refractivity contribution < 1.29 is 40.9 Å². The van der Waals surface area contributed by atoms with E-state index < -0.39 is 38.6 Å². The normalized spacial score (nSPS) is 19.6. The maximum atomic E-state index is 13.2. The van der Waals surface area contributed by atoms with E-state index in [9.17, 15) is 26.1 Å². The molecule has 1 fully saturated rings. The third kappa shape index (κ3) is 4.14. The van der Waals surface area contributed by atoms with Gasteiger partial charge in [-0.05, 0) is 12.1 Å². The highest BCUT2D eigenvalue weighted by atomic mass is 32.2. The van der Waals surface area contributed by atoms with Crippen molar-refractivity contribution in [3.8, 4) is 5.75 Å².